The second-order valence-electron chi connectivity index (χ2n) is 7.08. The van der Waals surface area contributed by atoms with Gasteiger partial charge in [-0.25, -0.2) is 4.98 Å². The fourth-order valence-corrected chi connectivity index (χ4v) is 4.81. The molecule has 0 saturated carbocycles. The van der Waals surface area contributed by atoms with Crippen molar-refractivity contribution < 1.29 is 9.53 Å². The summed E-state index contributed by atoms with van der Waals surface area (Å²) in [6.45, 7) is 3.83. The van der Waals surface area contributed by atoms with Gasteiger partial charge in [0.05, 0.1) is 24.6 Å². The van der Waals surface area contributed by atoms with Gasteiger partial charge in [-0.2, -0.15) is 0 Å². The van der Waals surface area contributed by atoms with Crippen LogP contribution in [0.15, 0.2) is 65.1 Å². The smallest absolute Gasteiger partial charge is 0.231 e. The second kappa shape index (κ2) is 9.97. The maximum Gasteiger partial charge on any atom is 0.231 e. The van der Waals surface area contributed by atoms with Gasteiger partial charge in [0.1, 0.15) is 16.6 Å². The van der Waals surface area contributed by atoms with Crippen molar-refractivity contribution in [2.24, 2.45) is 0 Å². The average Bonchev–Trinajstić information content (AvgIpc) is 3.46. The van der Waals surface area contributed by atoms with Crippen LogP contribution >= 0.6 is 23.1 Å². The first-order valence-electron chi connectivity index (χ1n) is 10.0. The summed E-state index contributed by atoms with van der Waals surface area (Å²) in [5, 5.41) is 15.0. The minimum Gasteiger partial charge on any atom is -0.497 e. The molecule has 4 rings (SSSR count). The van der Waals surface area contributed by atoms with Crippen LogP contribution in [0.3, 0.4) is 0 Å². The summed E-state index contributed by atoms with van der Waals surface area (Å²) in [7, 11) is 1.63. The lowest BCUT2D eigenvalue weighted by molar-refractivity contribution is -0.119. The van der Waals surface area contributed by atoms with E-state index in [9.17, 15) is 4.79 Å². The number of hydrogen-bond donors (Lipinski definition) is 1. The molecule has 2 aromatic carbocycles. The van der Waals surface area contributed by atoms with E-state index in [0.717, 1.165) is 33.5 Å². The van der Waals surface area contributed by atoms with E-state index in [2.05, 4.69) is 20.5 Å². The van der Waals surface area contributed by atoms with Crippen molar-refractivity contribution in [1.29, 1.82) is 0 Å². The van der Waals surface area contributed by atoms with Crippen LogP contribution in [0.1, 0.15) is 23.8 Å². The van der Waals surface area contributed by atoms with E-state index < -0.39 is 0 Å². The molecule has 1 atom stereocenters. The third-order valence-corrected chi connectivity index (χ3v) is 6.75. The summed E-state index contributed by atoms with van der Waals surface area (Å²) in [4.78, 5) is 17.3. The van der Waals surface area contributed by atoms with E-state index in [4.69, 9.17) is 4.74 Å². The molecule has 0 saturated heterocycles. The zero-order valence-electron chi connectivity index (χ0n) is 18.0. The fourth-order valence-electron chi connectivity index (χ4n) is 3.17. The van der Waals surface area contributed by atoms with Crippen LogP contribution in [0.5, 0.6) is 5.75 Å². The Hall–Kier alpha value is -3.17. The van der Waals surface area contributed by atoms with Crippen molar-refractivity contribution in [3.05, 3.63) is 70.8 Å². The third kappa shape index (κ3) is 5.00. The lowest BCUT2D eigenvalue weighted by Crippen LogP contribution is -2.28. The Balaban J connectivity index is 1.38. The Morgan fingerprint density at radius 3 is 2.62 bits per heavy atom. The molecular weight excluding hydrogens is 442 g/mol. The van der Waals surface area contributed by atoms with Gasteiger partial charge in [0.25, 0.3) is 0 Å². The quantitative estimate of drug-likeness (QED) is 0.381. The number of thioether (sulfide) groups is 1. The predicted molar refractivity (Wildman–Crippen MR) is 127 cm³/mol. The molecule has 0 spiro atoms. The molecule has 32 heavy (non-hydrogen) atoms. The number of methoxy groups -OCH3 is 1. The number of thiazole rings is 1. The highest BCUT2D eigenvalue weighted by molar-refractivity contribution is 7.99. The van der Waals surface area contributed by atoms with Crippen LogP contribution in [0, 0.1) is 6.92 Å². The van der Waals surface area contributed by atoms with Crippen LogP contribution in [0.2, 0.25) is 0 Å². The fraction of sp³-hybridized carbons (Fsp3) is 0.217. The summed E-state index contributed by atoms with van der Waals surface area (Å²) in [6.07, 6.45) is 0. The van der Waals surface area contributed by atoms with Crippen LogP contribution < -0.4 is 10.1 Å². The predicted octanol–water partition coefficient (Wildman–Crippen LogP) is 4.68. The molecule has 2 heterocycles. The first kappa shape index (κ1) is 22.0. The monoisotopic (exact) mass is 465 g/mol. The molecule has 1 amide bonds. The molecule has 0 aliphatic rings. The number of aryl methyl sites for hydroxylation is 1. The standard InChI is InChI=1S/C23H23N5O2S2/c1-15(22-25-20(13-31-22)17-7-5-4-6-8-17)24-21(29)14-32-23-27-26-16(2)28(23)18-9-11-19(30-3)12-10-18/h4-13,15H,14H2,1-3H3,(H,24,29). The number of ether oxygens (including phenoxy) is 1. The summed E-state index contributed by atoms with van der Waals surface area (Å²) >= 11 is 2.89. The largest absolute Gasteiger partial charge is 0.497 e. The molecular formula is C23H23N5O2S2. The number of nitrogens with one attached hydrogen (secondary N) is 1. The maximum absolute atomic E-state index is 12.6. The number of carbonyl (C=O) groups is 1. The minimum atomic E-state index is -0.174. The molecule has 4 aromatic rings. The first-order chi connectivity index (χ1) is 15.5. The molecule has 1 N–H and O–H groups in total. The summed E-state index contributed by atoms with van der Waals surface area (Å²) in [5.74, 6) is 1.68. The van der Waals surface area contributed by atoms with Crippen LogP contribution in [-0.2, 0) is 4.79 Å². The van der Waals surface area contributed by atoms with Gasteiger partial charge in [0.2, 0.25) is 5.91 Å². The highest BCUT2D eigenvalue weighted by atomic mass is 32.2. The van der Waals surface area contributed by atoms with Gasteiger partial charge >= 0.3 is 0 Å². The van der Waals surface area contributed by atoms with Gasteiger partial charge in [0, 0.05) is 16.6 Å². The third-order valence-electron chi connectivity index (χ3n) is 4.80. The molecule has 0 fully saturated rings. The van der Waals surface area contributed by atoms with E-state index in [1.54, 1.807) is 18.4 Å². The Morgan fingerprint density at radius 2 is 1.91 bits per heavy atom. The zero-order chi connectivity index (χ0) is 22.5. The van der Waals surface area contributed by atoms with Crippen molar-refractivity contribution in [2.75, 3.05) is 12.9 Å². The minimum absolute atomic E-state index is 0.0825. The van der Waals surface area contributed by atoms with Gasteiger partial charge < -0.3 is 10.1 Å². The van der Waals surface area contributed by atoms with Crippen molar-refractivity contribution in [3.8, 4) is 22.7 Å². The molecule has 0 radical (unpaired) electrons. The second-order valence-corrected chi connectivity index (χ2v) is 8.91. The van der Waals surface area contributed by atoms with Gasteiger partial charge in [0.15, 0.2) is 5.16 Å². The normalized spacial score (nSPS) is 11.8. The maximum atomic E-state index is 12.6. The van der Waals surface area contributed by atoms with E-state index in [1.165, 1.54) is 11.8 Å². The van der Waals surface area contributed by atoms with Gasteiger partial charge in [-0.3, -0.25) is 9.36 Å². The molecule has 7 nitrogen and oxygen atoms in total. The first-order valence-corrected chi connectivity index (χ1v) is 11.9. The Morgan fingerprint density at radius 1 is 1.16 bits per heavy atom. The molecule has 0 bridgehead atoms. The highest BCUT2D eigenvalue weighted by Crippen LogP contribution is 2.26. The van der Waals surface area contributed by atoms with Gasteiger partial charge in [-0.15, -0.1) is 21.5 Å². The number of nitrogens with zero attached hydrogens (tertiary/aromatic N) is 4. The van der Waals surface area contributed by atoms with E-state index in [1.807, 2.05) is 78.4 Å². The molecule has 0 aliphatic carbocycles. The number of carbonyl (C=O) groups excluding carboxylic acids is 1. The molecule has 9 heteroatoms. The van der Waals surface area contributed by atoms with Crippen molar-refractivity contribution >= 4 is 29.0 Å². The Kier molecular flexibility index (Phi) is 6.87. The zero-order valence-corrected chi connectivity index (χ0v) is 19.6. The number of amides is 1. The Bertz CT molecular complexity index is 1190. The van der Waals surface area contributed by atoms with E-state index in [-0.39, 0.29) is 17.7 Å². The molecule has 1 unspecified atom stereocenters. The van der Waals surface area contributed by atoms with Crippen LogP contribution in [0.4, 0.5) is 0 Å². The highest BCUT2D eigenvalue weighted by Gasteiger charge is 2.17. The lowest BCUT2D eigenvalue weighted by Gasteiger charge is -2.12. The van der Waals surface area contributed by atoms with Gasteiger partial charge in [-0.1, -0.05) is 42.1 Å². The molecule has 164 valence electrons. The number of rotatable bonds is 8. The lowest BCUT2D eigenvalue weighted by atomic mass is 10.2. The summed E-state index contributed by atoms with van der Waals surface area (Å²) < 4.78 is 7.15. The topological polar surface area (TPSA) is 81.9 Å². The average molecular weight is 466 g/mol. The molecule has 2 aromatic heterocycles. The number of benzene rings is 2. The van der Waals surface area contributed by atoms with Gasteiger partial charge in [-0.05, 0) is 38.1 Å². The van der Waals surface area contributed by atoms with E-state index in [0.29, 0.717) is 5.16 Å². The molecule has 0 aliphatic heterocycles. The van der Waals surface area contributed by atoms with Crippen LogP contribution in [-0.4, -0.2) is 38.5 Å². The summed E-state index contributed by atoms with van der Waals surface area (Å²) in [5.41, 5.74) is 2.90. The number of hydrogen-bond acceptors (Lipinski definition) is 7. The van der Waals surface area contributed by atoms with Crippen molar-refractivity contribution in [2.45, 2.75) is 25.0 Å². The van der Waals surface area contributed by atoms with Crippen molar-refractivity contribution in [1.82, 2.24) is 25.1 Å². The summed E-state index contributed by atoms with van der Waals surface area (Å²) in [6, 6.07) is 17.5. The van der Waals surface area contributed by atoms with Crippen LogP contribution in [0.25, 0.3) is 16.9 Å². The van der Waals surface area contributed by atoms with E-state index >= 15 is 0 Å². The SMILES string of the molecule is COc1ccc(-n2c(C)nnc2SCC(=O)NC(C)c2nc(-c3ccccc3)cs2)cc1. The van der Waals surface area contributed by atoms with Crippen molar-refractivity contribution in [3.63, 3.8) is 0 Å². The Labute approximate surface area is 194 Å². The number of aromatic nitrogens is 4.